The Morgan fingerprint density at radius 2 is 1.74 bits per heavy atom. The van der Waals surface area contributed by atoms with Gasteiger partial charge in [-0.05, 0) is 54.3 Å². The van der Waals surface area contributed by atoms with Crippen LogP contribution in [0.25, 0.3) is 27.6 Å². The van der Waals surface area contributed by atoms with Gasteiger partial charge in [-0.15, -0.1) is 0 Å². The van der Waals surface area contributed by atoms with Crippen molar-refractivity contribution in [2.45, 2.75) is 39.5 Å². The number of nitrogens with one attached hydrogen (secondary N) is 2. The maximum atomic E-state index is 13.4. The molecule has 4 heterocycles. The Kier molecular flexibility index (Phi) is 7.75. The molecule has 5 aromatic rings. The Morgan fingerprint density at radius 3 is 2.42 bits per heavy atom. The van der Waals surface area contributed by atoms with Gasteiger partial charge in [0, 0.05) is 46.0 Å². The maximum absolute atomic E-state index is 13.4. The van der Waals surface area contributed by atoms with Crippen molar-refractivity contribution in [2.24, 2.45) is 5.92 Å². The summed E-state index contributed by atoms with van der Waals surface area (Å²) in [6.45, 7) is 8.18. The largest absolute Gasteiger partial charge is 0.324 e. The molecule has 1 atom stereocenters. The van der Waals surface area contributed by atoms with Crippen LogP contribution in [0, 0.1) is 12.8 Å². The Bertz CT molecular complexity index is 1800. The lowest BCUT2D eigenvalue weighted by Gasteiger charge is -2.14. The van der Waals surface area contributed by atoms with Gasteiger partial charge in [-0.25, -0.2) is 9.48 Å². The fraction of sp³-hybridized carbons (Fsp3) is 0.265. The summed E-state index contributed by atoms with van der Waals surface area (Å²) in [6.07, 6.45) is 4.43. The minimum atomic E-state index is -0.380. The van der Waals surface area contributed by atoms with Gasteiger partial charge in [-0.3, -0.25) is 20.1 Å². The summed E-state index contributed by atoms with van der Waals surface area (Å²) in [5.74, 6) is 2.64. The van der Waals surface area contributed by atoms with Gasteiger partial charge in [0.25, 0.3) is 0 Å². The van der Waals surface area contributed by atoms with Crippen LogP contribution in [0.1, 0.15) is 49.1 Å². The fourth-order valence-electron chi connectivity index (χ4n) is 5.20. The predicted molar refractivity (Wildman–Crippen MR) is 174 cm³/mol. The molecule has 0 saturated carbocycles. The highest BCUT2D eigenvalue weighted by Gasteiger charge is 2.25. The lowest BCUT2D eigenvalue weighted by molar-refractivity contribution is 0.0928. The zero-order chi connectivity index (χ0) is 30.1. The number of carbonyl (C=O) groups excluding carboxylic acids is 2. The zero-order valence-electron chi connectivity index (χ0n) is 24.7. The molecule has 1 saturated heterocycles. The topological polar surface area (TPSA) is 102 Å². The summed E-state index contributed by atoms with van der Waals surface area (Å²) < 4.78 is 1.71. The highest BCUT2D eigenvalue weighted by atomic mass is 32.2. The monoisotopic (exact) mass is 590 g/mol. The van der Waals surface area contributed by atoms with E-state index in [0.717, 1.165) is 56.9 Å². The SMILES string of the molecule is Cc1ccc(-n2nc(C(C)(C)C)cc2NC(=O)Nc2ccc(-c3ccc(C(=O)C4CCSC4)nc3)c3ccccc23)cn1. The Hall–Kier alpha value is -4.50. The van der Waals surface area contributed by atoms with Crippen molar-refractivity contribution in [3.63, 3.8) is 0 Å². The second kappa shape index (κ2) is 11.6. The number of aryl methyl sites for hydroxylation is 1. The number of fused-ring (bicyclic) bond motifs is 1. The molecule has 3 aromatic heterocycles. The number of benzene rings is 2. The molecule has 8 nitrogen and oxygen atoms in total. The van der Waals surface area contributed by atoms with E-state index in [1.54, 1.807) is 17.1 Å². The van der Waals surface area contributed by atoms with Crippen molar-refractivity contribution < 1.29 is 9.59 Å². The van der Waals surface area contributed by atoms with Gasteiger partial charge in [0.2, 0.25) is 0 Å². The third kappa shape index (κ3) is 6.03. The number of pyridine rings is 2. The van der Waals surface area contributed by atoms with Crippen LogP contribution >= 0.6 is 11.8 Å². The van der Waals surface area contributed by atoms with E-state index in [-0.39, 0.29) is 23.1 Å². The van der Waals surface area contributed by atoms with Crippen molar-refractivity contribution in [2.75, 3.05) is 22.1 Å². The number of ketones is 1. The first-order chi connectivity index (χ1) is 20.7. The van der Waals surface area contributed by atoms with Crippen LogP contribution in [0.4, 0.5) is 16.3 Å². The van der Waals surface area contributed by atoms with Gasteiger partial charge in [-0.2, -0.15) is 16.9 Å². The molecule has 218 valence electrons. The number of thioether (sulfide) groups is 1. The Balaban J connectivity index is 1.26. The maximum Gasteiger partial charge on any atom is 0.324 e. The standard InChI is InChI=1S/C34H34N6O2S/c1-21-9-11-24(19-35-21)40-31(17-30(39-40)34(2,3)4)38-33(42)37-28-14-12-25(26-7-5-6-8-27(26)28)22-10-13-29(36-18-22)32(41)23-15-16-43-20-23/h5-14,17-19,23H,15-16,20H2,1-4H3,(H2,37,38,42). The predicted octanol–water partition coefficient (Wildman–Crippen LogP) is 7.67. The van der Waals surface area contributed by atoms with Crippen LogP contribution in [-0.4, -0.2) is 43.1 Å². The minimum Gasteiger partial charge on any atom is -0.307 e. The third-order valence-electron chi connectivity index (χ3n) is 7.66. The van der Waals surface area contributed by atoms with Crippen LogP contribution in [0.2, 0.25) is 0 Å². The summed E-state index contributed by atoms with van der Waals surface area (Å²) in [6, 6.07) is 21.0. The Labute approximate surface area is 255 Å². The number of rotatable bonds is 6. The van der Waals surface area contributed by atoms with Gasteiger partial charge in [0.05, 0.1) is 23.3 Å². The molecule has 0 aliphatic carbocycles. The van der Waals surface area contributed by atoms with Crippen LogP contribution < -0.4 is 10.6 Å². The molecular weight excluding hydrogens is 556 g/mol. The van der Waals surface area contributed by atoms with E-state index in [2.05, 4.69) is 41.4 Å². The summed E-state index contributed by atoms with van der Waals surface area (Å²) in [4.78, 5) is 35.1. The van der Waals surface area contributed by atoms with Crippen molar-refractivity contribution >= 4 is 45.9 Å². The van der Waals surface area contributed by atoms with Crippen molar-refractivity contribution in [1.82, 2.24) is 19.7 Å². The lowest BCUT2D eigenvalue weighted by atomic mass is 9.92. The molecule has 2 aromatic carbocycles. The van der Waals surface area contributed by atoms with Crippen LogP contribution in [0.15, 0.2) is 79.1 Å². The smallest absolute Gasteiger partial charge is 0.307 e. The zero-order valence-corrected chi connectivity index (χ0v) is 25.5. The number of nitrogens with zero attached hydrogens (tertiary/aromatic N) is 4. The molecule has 0 spiro atoms. The van der Waals surface area contributed by atoms with Gasteiger partial charge < -0.3 is 5.32 Å². The number of amides is 2. The van der Waals surface area contributed by atoms with Crippen molar-refractivity contribution in [1.29, 1.82) is 0 Å². The van der Waals surface area contributed by atoms with E-state index >= 15 is 0 Å². The molecule has 6 rings (SSSR count). The molecule has 2 N–H and O–H groups in total. The van der Waals surface area contributed by atoms with Crippen molar-refractivity contribution in [3.8, 4) is 16.8 Å². The summed E-state index contributed by atoms with van der Waals surface area (Å²) >= 11 is 1.82. The van der Waals surface area contributed by atoms with E-state index in [1.807, 2.05) is 85.4 Å². The number of hydrogen-bond donors (Lipinski definition) is 2. The molecule has 1 aliphatic rings. The Morgan fingerprint density at radius 1 is 0.930 bits per heavy atom. The first-order valence-electron chi connectivity index (χ1n) is 14.4. The fourth-order valence-corrected chi connectivity index (χ4v) is 6.42. The minimum absolute atomic E-state index is 0.0629. The van der Waals surface area contributed by atoms with E-state index in [0.29, 0.717) is 17.2 Å². The number of hydrogen-bond acceptors (Lipinski definition) is 6. The first kappa shape index (κ1) is 28.6. The van der Waals surface area contributed by atoms with Crippen molar-refractivity contribution in [3.05, 3.63) is 96.2 Å². The summed E-state index contributed by atoms with van der Waals surface area (Å²) in [7, 11) is 0. The normalized spacial score (nSPS) is 15.0. The summed E-state index contributed by atoms with van der Waals surface area (Å²) in [5, 5.41) is 12.7. The van der Waals surface area contributed by atoms with E-state index in [9.17, 15) is 9.59 Å². The average Bonchev–Trinajstić information content (AvgIpc) is 3.69. The van der Waals surface area contributed by atoms with E-state index in [1.165, 1.54) is 0 Å². The molecule has 9 heteroatoms. The average molecular weight is 591 g/mol. The molecule has 43 heavy (non-hydrogen) atoms. The molecule has 2 amide bonds. The number of anilines is 2. The van der Waals surface area contributed by atoms with E-state index in [4.69, 9.17) is 5.10 Å². The highest BCUT2D eigenvalue weighted by molar-refractivity contribution is 7.99. The molecule has 0 radical (unpaired) electrons. The van der Waals surface area contributed by atoms with Crippen LogP contribution in [0.5, 0.6) is 0 Å². The second-order valence-electron chi connectivity index (χ2n) is 11.9. The number of carbonyl (C=O) groups is 2. The van der Waals surface area contributed by atoms with Crippen LogP contribution in [0.3, 0.4) is 0 Å². The number of urea groups is 1. The highest BCUT2D eigenvalue weighted by Crippen LogP contribution is 2.34. The van der Waals surface area contributed by atoms with Gasteiger partial charge in [0.1, 0.15) is 11.5 Å². The quantitative estimate of drug-likeness (QED) is 0.197. The lowest BCUT2D eigenvalue weighted by Crippen LogP contribution is -2.21. The van der Waals surface area contributed by atoms with E-state index < -0.39 is 0 Å². The van der Waals surface area contributed by atoms with Gasteiger partial charge in [0.15, 0.2) is 5.78 Å². The number of aromatic nitrogens is 4. The molecule has 1 fully saturated rings. The first-order valence-corrected chi connectivity index (χ1v) is 15.5. The third-order valence-corrected chi connectivity index (χ3v) is 8.82. The number of Topliss-reactive ketones (excluding diaryl/α,β-unsaturated/α-hetero) is 1. The van der Waals surface area contributed by atoms with Gasteiger partial charge in [-0.1, -0.05) is 57.2 Å². The molecule has 1 unspecified atom stereocenters. The molecule has 1 aliphatic heterocycles. The second-order valence-corrected chi connectivity index (χ2v) is 13.0. The molecular formula is C34H34N6O2S. The van der Waals surface area contributed by atoms with Crippen LogP contribution in [-0.2, 0) is 5.41 Å². The summed E-state index contributed by atoms with van der Waals surface area (Å²) in [5.41, 5.74) is 5.38. The molecule has 0 bridgehead atoms. The van der Waals surface area contributed by atoms with Gasteiger partial charge >= 0.3 is 6.03 Å².